The van der Waals surface area contributed by atoms with E-state index in [2.05, 4.69) is 10.00 Å². The predicted octanol–water partition coefficient (Wildman–Crippen LogP) is 4.53. The summed E-state index contributed by atoms with van der Waals surface area (Å²) in [6.07, 6.45) is -4.43. The molecule has 1 aliphatic rings. The van der Waals surface area contributed by atoms with Crippen molar-refractivity contribution in [2.75, 3.05) is 31.1 Å². The lowest BCUT2D eigenvalue weighted by atomic mass is 9.97. The topological polar surface area (TPSA) is 41.4 Å². The second-order valence-electron chi connectivity index (χ2n) is 8.01. The zero-order valence-corrected chi connectivity index (χ0v) is 18.1. The molecule has 3 aromatic rings. The molecule has 2 aromatic carbocycles. The number of para-hydroxylation sites is 1. The molecule has 1 aromatic heterocycles. The quantitative estimate of drug-likeness (QED) is 0.596. The van der Waals surface area contributed by atoms with Gasteiger partial charge < -0.3 is 9.80 Å². The number of alkyl halides is 3. The van der Waals surface area contributed by atoms with E-state index < -0.39 is 11.7 Å². The molecule has 0 N–H and O–H groups in total. The summed E-state index contributed by atoms with van der Waals surface area (Å²) >= 11 is 0. The number of halogens is 3. The van der Waals surface area contributed by atoms with Crippen LogP contribution in [-0.4, -0.2) is 46.8 Å². The van der Waals surface area contributed by atoms with Crippen LogP contribution < -0.4 is 4.90 Å². The Hall–Kier alpha value is -3.29. The smallest absolute Gasteiger partial charge is 0.367 e. The standard InChI is InChI=1S/C24H25F3N4O/c1-17-15-18(2)31(28-17)16-23(32)30-13-11-29(12-14-30)22-10-6-4-8-20(22)19-7-3-5-9-21(19)24(25,26)27/h3-10,15H,11-14,16H2,1-2H3. The van der Waals surface area contributed by atoms with Crippen molar-refractivity contribution < 1.29 is 18.0 Å². The fourth-order valence-electron chi connectivity index (χ4n) is 4.20. The molecule has 168 valence electrons. The summed E-state index contributed by atoms with van der Waals surface area (Å²) < 4.78 is 42.5. The Labute approximate surface area is 185 Å². The maximum absolute atomic E-state index is 13.6. The maximum Gasteiger partial charge on any atom is 0.417 e. The van der Waals surface area contributed by atoms with Gasteiger partial charge in [0.15, 0.2) is 0 Å². The first-order chi connectivity index (χ1) is 15.2. The summed E-state index contributed by atoms with van der Waals surface area (Å²) in [5.74, 6) is -0.00782. The Balaban J connectivity index is 1.51. The first-order valence-electron chi connectivity index (χ1n) is 10.5. The number of amides is 1. The van der Waals surface area contributed by atoms with E-state index in [9.17, 15) is 18.0 Å². The van der Waals surface area contributed by atoms with Crippen LogP contribution in [0.2, 0.25) is 0 Å². The molecular weight excluding hydrogens is 417 g/mol. The van der Waals surface area contributed by atoms with E-state index in [0.717, 1.165) is 23.1 Å². The first-order valence-corrected chi connectivity index (χ1v) is 10.5. The van der Waals surface area contributed by atoms with Crippen LogP contribution in [0.25, 0.3) is 11.1 Å². The van der Waals surface area contributed by atoms with Crippen molar-refractivity contribution in [3.63, 3.8) is 0 Å². The third-order valence-electron chi connectivity index (χ3n) is 5.79. The highest BCUT2D eigenvalue weighted by Crippen LogP contribution is 2.40. The van der Waals surface area contributed by atoms with Crippen molar-refractivity contribution in [2.45, 2.75) is 26.6 Å². The predicted molar refractivity (Wildman–Crippen MR) is 117 cm³/mol. The number of rotatable bonds is 4. The molecule has 8 heteroatoms. The Kier molecular flexibility index (Phi) is 5.95. The molecule has 4 rings (SSSR count). The minimum atomic E-state index is -4.43. The first kappa shape index (κ1) is 21.9. The van der Waals surface area contributed by atoms with Crippen LogP contribution in [0.4, 0.5) is 18.9 Å². The second kappa shape index (κ2) is 8.68. The van der Waals surface area contributed by atoms with Crippen molar-refractivity contribution in [3.05, 3.63) is 71.5 Å². The van der Waals surface area contributed by atoms with Crippen LogP contribution >= 0.6 is 0 Å². The molecule has 32 heavy (non-hydrogen) atoms. The van der Waals surface area contributed by atoms with Gasteiger partial charge in [0.1, 0.15) is 6.54 Å². The molecule has 0 aliphatic carbocycles. The molecule has 1 fully saturated rings. The number of nitrogens with zero attached hydrogens (tertiary/aromatic N) is 4. The van der Waals surface area contributed by atoms with Crippen molar-refractivity contribution in [3.8, 4) is 11.1 Å². The van der Waals surface area contributed by atoms with Crippen LogP contribution in [0.5, 0.6) is 0 Å². The lowest BCUT2D eigenvalue weighted by Crippen LogP contribution is -2.49. The van der Waals surface area contributed by atoms with E-state index in [0.29, 0.717) is 31.7 Å². The zero-order chi connectivity index (χ0) is 22.9. The Bertz CT molecular complexity index is 1110. The molecule has 0 atom stereocenters. The normalized spacial score (nSPS) is 14.7. The largest absolute Gasteiger partial charge is 0.417 e. The van der Waals surface area contributed by atoms with Crippen LogP contribution in [0.1, 0.15) is 17.0 Å². The highest BCUT2D eigenvalue weighted by molar-refractivity contribution is 5.81. The summed E-state index contributed by atoms with van der Waals surface area (Å²) in [6.45, 7) is 6.11. The molecule has 0 bridgehead atoms. The van der Waals surface area contributed by atoms with Crippen molar-refractivity contribution >= 4 is 11.6 Å². The molecule has 1 saturated heterocycles. The van der Waals surface area contributed by atoms with Crippen LogP contribution in [0, 0.1) is 13.8 Å². The molecule has 1 amide bonds. The average molecular weight is 442 g/mol. The van der Waals surface area contributed by atoms with Gasteiger partial charge in [0.05, 0.1) is 11.3 Å². The number of aryl methyl sites for hydroxylation is 2. The number of aromatic nitrogens is 2. The van der Waals surface area contributed by atoms with Gasteiger partial charge in [-0.1, -0.05) is 36.4 Å². The van der Waals surface area contributed by atoms with Crippen molar-refractivity contribution in [1.82, 2.24) is 14.7 Å². The lowest BCUT2D eigenvalue weighted by molar-refractivity contribution is -0.137. The Morgan fingerprint density at radius 3 is 2.19 bits per heavy atom. The molecule has 1 aliphatic heterocycles. The highest BCUT2D eigenvalue weighted by Gasteiger charge is 2.34. The summed E-state index contributed by atoms with van der Waals surface area (Å²) in [7, 11) is 0. The summed E-state index contributed by atoms with van der Waals surface area (Å²) in [4.78, 5) is 16.6. The second-order valence-corrected chi connectivity index (χ2v) is 8.01. The third kappa shape index (κ3) is 4.49. The monoisotopic (exact) mass is 442 g/mol. The van der Waals surface area contributed by atoms with Crippen molar-refractivity contribution in [1.29, 1.82) is 0 Å². The van der Waals surface area contributed by atoms with E-state index in [1.54, 1.807) is 27.8 Å². The molecule has 0 radical (unpaired) electrons. The SMILES string of the molecule is Cc1cc(C)n(CC(=O)N2CCN(c3ccccc3-c3ccccc3C(F)(F)F)CC2)n1. The number of carbonyl (C=O) groups excluding carboxylic acids is 1. The number of benzene rings is 2. The number of hydrogen-bond acceptors (Lipinski definition) is 3. The van der Waals surface area contributed by atoms with Gasteiger partial charge in [-0.3, -0.25) is 9.48 Å². The summed E-state index contributed by atoms with van der Waals surface area (Å²) in [6, 6.07) is 14.7. The van der Waals surface area contributed by atoms with Gasteiger partial charge in [-0.15, -0.1) is 0 Å². The lowest BCUT2D eigenvalue weighted by Gasteiger charge is -2.37. The van der Waals surface area contributed by atoms with E-state index in [1.807, 2.05) is 32.0 Å². The van der Waals surface area contributed by atoms with Gasteiger partial charge in [0.25, 0.3) is 0 Å². The van der Waals surface area contributed by atoms with Gasteiger partial charge in [0, 0.05) is 43.1 Å². The zero-order valence-electron chi connectivity index (χ0n) is 18.1. The Morgan fingerprint density at radius 1 is 0.938 bits per heavy atom. The van der Waals surface area contributed by atoms with Crippen LogP contribution in [-0.2, 0) is 17.5 Å². The number of piperazine rings is 1. The molecule has 0 saturated carbocycles. The minimum absolute atomic E-state index is 0.00782. The van der Waals surface area contributed by atoms with Gasteiger partial charge in [0.2, 0.25) is 5.91 Å². The molecule has 0 unspecified atom stereocenters. The number of carbonyl (C=O) groups is 1. The molecular formula is C24H25F3N4O. The van der Waals surface area contributed by atoms with E-state index >= 15 is 0 Å². The summed E-state index contributed by atoms with van der Waals surface area (Å²) in [5.41, 5.74) is 2.62. The van der Waals surface area contributed by atoms with E-state index in [4.69, 9.17) is 0 Å². The van der Waals surface area contributed by atoms with Gasteiger partial charge in [-0.25, -0.2) is 0 Å². The highest BCUT2D eigenvalue weighted by atomic mass is 19.4. The fourth-order valence-corrected chi connectivity index (χ4v) is 4.20. The van der Waals surface area contributed by atoms with Crippen LogP contribution in [0.15, 0.2) is 54.6 Å². The number of hydrogen-bond donors (Lipinski definition) is 0. The average Bonchev–Trinajstić information content (AvgIpc) is 3.09. The van der Waals surface area contributed by atoms with Gasteiger partial charge in [-0.2, -0.15) is 18.3 Å². The fraction of sp³-hybridized carbons (Fsp3) is 0.333. The Morgan fingerprint density at radius 2 is 1.56 bits per heavy atom. The summed E-state index contributed by atoms with van der Waals surface area (Å²) in [5, 5.41) is 4.35. The van der Waals surface area contributed by atoms with Gasteiger partial charge in [-0.05, 0) is 37.6 Å². The number of anilines is 1. The molecule has 0 spiro atoms. The minimum Gasteiger partial charge on any atom is -0.367 e. The molecule has 2 heterocycles. The maximum atomic E-state index is 13.6. The van der Waals surface area contributed by atoms with E-state index in [1.165, 1.54) is 12.1 Å². The third-order valence-corrected chi connectivity index (χ3v) is 5.79. The van der Waals surface area contributed by atoms with E-state index in [-0.39, 0.29) is 18.0 Å². The van der Waals surface area contributed by atoms with Crippen molar-refractivity contribution in [2.24, 2.45) is 0 Å². The van der Waals surface area contributed by atoms with Crippen LogP contribution in [0.3, 0.4) is 0 Å². The molecule has 5 nitrogen and oxygen atoms in total. The van der Waals surface area contributed by atoms with Gasteiger partial charge >= 0.3 is 6.18 Å².